The number of para-hydroxylation sites is 1. The van der Waals surface area contributed by atoms with E-state index in [-0.39, 0.29) is 6.10 Å². The molecule has 3 N–H and O–H groups in total. The van der Waals surface area contributed by atoms with Gasteiger partial charge in [-0.1, -0.05) is 24.3 Å². The smallest absolute Gasteiger partial charge is 0.488 e. The van der Waals surface area contributed by atoms with Gasteiger partial charge in [0.05, 0.1) is 18.0 Å². The molecule has 2 aromatic carbocycles. The van der Waals surface area contributed by atoms with Crippen molar-refractivity contribution in [3.63, 3.8) is 0 Å². The maximum Gasteiger partial charge on any atom is 0.488 e. The zero-order valence-corrected chi connectivity index (χ0v) is 12.6. The summed E-state index contributed by atoms with van der Waals surface area (Å²) >= 11 is 0. The van der Waals surface area contributed by atoms with E-state index in [1.54, 1.807) is 24.4 Å². The number of rotatable bonds is 6. The summed E-state index contributed by atoms with van der Waals surface area (Å²) in [5.41, 5.74) is 4.83. The summed E-state index contributed by atoms with van der Waals surface area (Å²) < 4.78 is 5.70. The zero-order chi connectivity index (χ0) is 15.9. The van der Waals surface area contributed by atoms with E-state index in [9.17, 15) is 10.0 Å². The fraction of sp³-hybridized carbons (Fsp3) is 0.188. The van der Waals surface area contributed by atoms with Crippen LogP contribution in [-0.2, 0) is 0 Å². The van der Waals surface area contributed by atoms with Crippen LogP contribution in [0.15, 0.2) is 53.6 Å². The molecule has 0 amide bonds. The number of hydrogen-bond acceptors (Lipinski definition) is 5. The van der Waals surface area contributed by atoms with Crippen LogP contribution in [0.2, 0.25) is 0 Å². The fourth-order valence-electron chi connectivity index (χ4n) is 1.88. The van der Waals surface area contributed by atoms with E-state index >= 15 is 0 Å². The predicted octanol–water partition coefficient (Wildman–Crippen LogP) is 1.60. The topological polar surface area (TPSA) is 74.1 Å². The molecule has 0 aliphatic heterocycles. The van der Waals surface area contributed by atoms with Gasteiger partial charge in [0.15, 0.2) is 0 Å². The molecular weight excluding hydrogens is 279 g/mol. The van der Waals surface area contributed by atoms with Crippen LogP contribution in [-0.4, -0.2) is 29.5 Å². The quantitative estimate of drug-likeness (QED) is 0.430. The normalized spacial score (nSPS) is 11.0. The van der Waals surface area contributed by atoms with Gasteiger partial charge in [-0.2, -0.15) is 5.10 Å². The molecule has 0 saturated carbocycles. The van der Waals surface area contributed by atoms with Crippen molar-refractivity contribution in [2.45, 2.75) is 20.0 Å². The van der Waals surface area contributed by atoms with E-state index in [4.69, 9.17) is 4.74 Å². The molecule has 0 heterocycles. The van der Waals surface area contributed by atoms with Crippen LogP contribution < -0.4 is 15.6 Å². The van der Waals surface area contributed by atoms with Gasteiger partial charge in [0.1, 0.15) is 5.75 Å². The van der Waals surface area contributed by atoms with Crippen molar-refractivity contribution in [2.24, 2.45) is 5.10 Å². The fourth-order valence-corrected chi connectivity index (χ4v) is 1.88. The summed E-state index contributed by atoms with van der Waals surface area (Å²) in [6.07, 6.45) is 1.61. The molecule has 114 valence electrons. The monoisotopic (exact) mass is 298 g/mol. The van der Waals surface area contributed by atoms with E-state index in [0.717, 1.165) is 5.69 Å². The second-order valence-corrected chi connectivity index (χ2v) is 5.07. The molecule has 0 spiro atoms. The minimum Gasteiger partial charge on any atom is -0.490 e. The Labute approximate surface area is 130 Å². The van der Waals surface area contributed by atoms with Crippen LogP contribution in [0.1, 0.15) is 19.4 Å². The van der Waals surface area contributed by atoms with Crippen LogP contribution in [0.25, 0.3) is 0 Å². The summed E-state index contributed by atoms with van der Waals surface area (Å²) in [6, 6.07) is 14.5. The van der Waals surface area contributed by atoms with Gasteiger partial charge in [-0.15, -0.1) is 0 Å². The highest BCUT2D eigenvalue weighted by Crippen LogP contribution is 2.17. The Morgan fingerprint density at radius 3 is 2.50 bits per heavy atom. The zero-order valence-electron chi connectivity index (χ0n) is 12.6. The van der Waals surface area contributed by atoms with Gasteiger partial charge < -0.3 is 14.8 Å². The lowest BCUT2D eigenvalue weighted by atomic mass is 9.79. The lowest BCUT2D eigenvalue weighted by molar-refractivity contribution is 0.242. The first-order chi connectivity index (χ1) is 10.6. The summed E-state index contributed by atoms with van der Waals surface area (Å²) in [5.74, 6) is 0.637. The molecule has 22 heavy (non-hydrogen) atoms. The number of benzene rings is 2. The van der Waals surface area contributed by atoms with Gasteiger partial charge in [0.2, 0.25) is 0 Å². The molecule has 0 radical (unpaired) electrons. The number of anilines is 1. The van der Waals surface area contributed by atoms with Crippen molar-refractivity contribution in [3.05, 3.63) is 54.1 Å². The lowest BCUT2D eigenvalue weighted by Crippen LogP contribution is -2.30. The van der Waals surface area contributed by atoms with Crippen molar-refractivity contribution >= 4 is 24.5 Å². The second kappa shape index (κ2) is 7.63. The summed E-state index contributed by atoms with van der Waals surface area (Å²) in [5, 5.41) is 22.7. The summed E-state index contributed by atoms with van der Waals surface area (Å²) in [4.78, 5) is 0. The van der Waals surface area contributed by atoms with Gasteiger partial charge >= 0.3 is 7.12 Å². The number of ether oxygens (including phenoxy) is 1. The van der Waals surface area contributed by atoms with E-state index in [1.807, 2.05) is 44.2 Å². The maximum atomic E-state index is 9.28. The van der Waals surface area contributed by atoms with Crippen LogP contribution in [0, 0.1) is 0 Å². The third-order valence-corrected chi connectivity index (χ3v) is 2.87. The van der Waals surface area contributed by atoms with E-state index in [1.165, 1.54) is 0 Å². The first kappa shape index (κ1) is 16.1. The largest absolute Gasteiger partial charge is 0.490 e. The molecule has 0 aliphatic carbocycles. The number of nitrogens with one attached hydrogen (secondary N) is 1. The molecule has 2 aromatic rings. The van der Waals surface area contributed by atoms with E-state index in [2.05, 4.69) is 10.5 Å². The average molecular weight is 298 g/mol. The van der Waals surface area contributed by atoms with Crippen LogP contribution in [0.3, 0.4) is 0 Å². The van der Waals surface area contributed by atoms with E-state index < -0.39 is 7.12 Å². The Hall–Kier alpha value is -2.31. The van der Waals surface area contributed by atoms with Gasteiger partial charge in [0.25, 0.3) is 0 Å². The molecule has 0 aromatic heterocycles. The highest BCUT2D eigenvalue weighted by molar-refractivity contribution is 6.58. The molecule has 5 nitrogen and oxygen atoms in total. The van der Waals surface area contributed by atoms with E-state index in [0.29, 0.717) is 16.8 Å². The van der Waals surface area contributed by atoms with Gasteiger partial charge in [-0.3, -0.25) is 5.43 Å². The van der Waals surface area contributed by atoms with Crippen molar-refractivity contribution < 1.29 is 14.8 Å². The summed E-state index contributed by atoms with van der Waals surface area (Å²) in [7, 11) is -1.53. The minimum atomic E-state index is -1.53. The minimum absolute atomic E-state index is 0.0131. The molecule has 0 unspecified atom stereocenters. The van der Waals surface area contributed by atoms with Gasteiger partial charge in [-0.25, -0.2) is 0 Å². The van der Waals surface area contributed by atoms with Crippen molar-refractivity contribution in [2.75, 3.05) is 5.43 Å². The molecule has 2 rings (SSSR count). The number of hydrazone groups is 1. The van der Waals surface area contributed by atoms with Gasteiger partial charge in [-0.05, 0) is 43.6 Å². The Morgan fingerprint density at radius 1 is 1.14 bits per heavy atom. The maximum absolute atomic E-state index is 9.28. The first-order valence-electron chi connectivity index (χ1n) is 7.07. The molecule has 0 saturated heterocycles. The third-order valence-electron chi connectivity index (χ3n) is 2.87. The van der Waals surface area contributed by atoms with Crippen molar-refractivity contribution in [1.82, 2.24) is 0 Å². The molecular formula is C16H19BN2O3. The molecule has 6 heteroatoms. The van der Waals surface area contributed by atoms with Crippen LogP contribution >= 0.6 is 0 Å². The lowest BCUT2D eigenvalue weighted by Gasteiger charge is -2.13. The Kier molecular flexibility index (Phi) is 5.58. The average Bonchev–Trinajstić information content (AvgIpc) is 2.49. The molecule has 0 atom stereocenters. The summed E-state index contributed by atoms with van der Waals surface area (Å²) in [6.45, 7) is 3.86. The molecule has 0 fully saturated rings. The second-order valence-electron chi connectivity index (χ2n) is 5.07. The van der Waals surface area contributed by atoms with Crippen LogP contribution in [0.5, 0.6) is 5.75 Å². The Bertz CT molecular complexity index is 631. The van der Waals surface area contributed by atoms with Crippen molar-refractivity contribution in [3.8, 4) is 5.75 Å². The first-order valence-corrected chi connectivity index (χ1v) is 7.07. The standard InChI is InChI=1S/C16H19BN2O3/c1-12(2)22-16-9-8-14(17(20)21)10-13(16)11-18-19-15-6-4-3-5-7-15/h3-12,19-21H,1-2H3. The SMILES string of the molecule is CC(C)Oc1ccc(B(O)O)cc1C=NNc1ccccc1. The Morgan fingerprint density at radius 2 is 1.86 bits per heavy atom. The number of hydrogen-bond donors (Lipinski definition) is 3. The van der Waals surface area contributed by atoms with Crippen LogP contribution in [0.4, 0.5) is 5.69 Å². The molecule has 0 aliphatic rings. The highest BCUT2D eigenvalue weighted by Gasteiger charge is 2.14. The van der Waals surface area contributed by atoms with Gasteiger partial charge in [0, 0.05) is 5.56 Å². The Balaban J connectivity index is 2.20. The molecule has 0 bridgehead atoms. The van der Waals surface area contributed by atoms with Crippen molar-refractivity contribution in [1.29, 1.82) is 0 Å². The highest BCUT2D eigenvalue weighted by atomic mass is 16.5. The number of nitrogens with zero attached hydrogens (tertiary/aromatic N) is 1. The third kappa shape index (κ3) is 4.61. The predicted molar refractivity (Wildman–Crippen MR) is 89.7 cm³/mol.